The third-order valence-electron chi connectivity index (χ3n) is 2.86. The lowest BCUT2D eigenvalue weighted by Gasteiger charge is -2.48. The summed E-state index contributed by atoms with van der Waals surface area (Å²) in [6.07, 6.45) is 6.92. The molecule has 84 valence electrons. The average molecular weight is 209 g/mol. The molecule has 0 spiro atoms. The molecule has 3 heteroatoms. The summed E-state index contributed by atoms with van der Waals surface area (Å²) in [5.41, 5.74) is -0.676. The number of hydrogen-bond acceptors (Lipinski definition) is 2. The van der Waals surface area contributed by atoms with Crippen molar-refractivity contribution in [1.82, 2.24) is 4.90 Å². The maximum Gasteiger partial charge on any atom is 0.246 e. The number of allylic oxidation sites excluding steroid dienone is 3. The summed E-state index contributed by atoms with van der Waals surface area (Å²) in [6, 6.07) is 0. The Morgan fingerprint density at radius 1 is 1.40 bits per heavy atom. The number of hydrogen-bond donors (Lipinski definition) is 1. The van der Waals surface area contributed by atoms with Crippen molar-refractivity contribution < 1.29 is 9.90 Å². The van der Waals surface area contributed by atoms with E-state index in [4.69, 9.17) is 0 Å². The highest BCUT2D eigenvalue weighted by atomic mass is 16.3. The predicted molar refractivity (Wildman–Crippen MR) is 60.3 cm³/mol. The molecular weight excluding hydrogens is 190 g/mol. The standard InChI is InChI=1S/C12H19NO2/c1-4-5-6-7-11(14)13-8-12(15,9-13)10(2)3/h4-7,10,15H,8-9H2,1-3H3. The van der Waals surface area contributed by atoms with Crippen molar-refractivity contribution in [2.45, 2.75) is 26.4 Å². The minimum atomic E-state index is -0.676. The average Bonchev–Trinajstić information content (AvgIpc) is 2.12. The topological polar surface area (TPSA) is 40.5 Å². The molecule has 1 rings (SSSR count). The number of carbonyl (C=O) groups excluding carboxylic acids is 1. The lowest BCUT2D eigenvalue weighted by atomic mass is 9.83. The van der Waals surface area contributed by atoms with Crippen molar-refractivity contribution in [3.63, 3.8) is 0 Å². The lowest BCUT2D eigenvalue weighted by Crippen LogP contribution is -2.65. The van der Waals surface area contributed by atoms with Gasteiger partial charge >= 0.3 is 0 Å². The van der Waals surface area contributed by atoms with Crippen LogP contribution in [0, 0.1) is 5.92 Å². The second-order valence-electron chi connectivity index (χ2n) is 4.34. The number of β-amino-alcohol motifs (C(OH)–C–C–N with tert-alkyl or cyclic N) is 1. The van der Waals surface area contributed by atoms with E-state index >= 15 is 0 Å². The zero-order chi connectivity index (χ0) is 11.5. The first-order valence-corrected chi connectivity index (χ1v) is 5.30. The third-order valence-corrected chi connectivity index (χ3v) is 2.86. The van der Waals surface area contributed by atoms with Crippen molar-refractivity contribution in [2.75, 3.05) is 13.1 Å². The Hall–Kier alpha value is -1.09. The van der Waals surface area contributed by atoms with Gasteiger partial charge in [-0.05, 0) is 12.8 Å². The van der Waals surface area contributed by atoms with Gasteiger partial charge in [-0.15, -0.1) is 0 Å². The number of carbonyl (C=O) groups is 1. The van der Waals surface area contributed by atoms with Gasteiger partial charge in [-0.25, -0.2) is 0 Å². The van der Waals surface area contributed by atoms with Crippen LogP contribution in [0.3, 0.4) is 0 Å². The molecule has 0 saturated carbocycles. The largest absolute Gasteiger partial charge is 0.386 e. The van der Waals surface area contributed by atoms with Crippen molar-refractivity contribution in [3.05, 3.63) is 24.3 Å². The summed E-state index contributed by atoms with van der Waals surface area (Å²) in [5.74, 6) is 0.166. The molecule has 1 heterocycles. The van der Waals surface area contributed by atoms with E-state index < -0.39 is 5.60 Å². The van der Waals surface area contributed by atoms with Gasteiger partial charge in [-0.1, -0.05) is 32.1 Å². The molecule has 1 aliphatic rings. The Morgan fingerprint density at radius 3 is 2.47 bits per heavy atom. The molecule has 0 bridgehead atoms. The fraction of sp³-hybridized carbons (Fsp3) is 0.583. The van der Waals surface area contributed by atoms with Crippen LogP contribution in [-0.4, -0.2) is 34.6 Å². The Balaban J connectivity index is 2.42. The highest BCUT2D eigenvalue weighted by Crippen LogP contribution is 2.28. The van der Waals surface area contributed by atoms with Gasteiger partial charge in [0.1, 0.15) is 5.60 Å². The molecule has 3 nitrogen and oxygen atoms in total. The van der Waals surface area contributed by atoms with Crippen molar-refractivity contribution in [2.24, 2.45) is 5.92 Å². The number of amides is 1. The van der Waals surface area contributed by atoms with E-state index in [0.29, 0.717) is 13.1 Å². The summed E-state index contributed by atoms with van der Waals surface area (Å²) in [5, 5.41) is 9.95. The minimum Gasteiger partial charge on any atom is -0.386 e. The van der Waals surface area contributed by atoms with Crippen LogP contribution in [0.15, 0.2) is 24.3 Å². The summed E-state index contributed by atoms with van der Waals surface area (Å²) >= 11 is 0. The predicted octanol–water partition coefficient (Wildman–Crippen LogP) is 1.35. The Morgan fingerprint density at radius 2 is 2.00 bits per heavy atom. The van der Waals surface area contributed by atoms with Crippen molar-refractivity contribution >= 4 is 5.91 Å². The van der Waals surface area contributed by atoms with Gasteiger partial charge in [0.15, 0.2) is 0 Å². The zero-order valence-corrected chi connectivity index (χ0v) is 9.60. The molecule has 0 aliphatic carbocycles. The quantitative estimate of drug-likeness (QED) is 0.563. The number of rotatable bonds is 3. The minimum absolute atomic E-state index is 0.0292. The first-order chi connectivity index (χ1) is 6.99. The molecule has 1 saturated heterocycles. The van der Waals surface area contributed by atoms with Gasteiger partial charge in [0, 0.05) is 6.08 Å². The molecule has 0 aromatic carbocycles. The molecular formula is C12H19NO2. The second kappa shape index (κ2) is 4.62. The van der Waals surface area contributed by atoms with Crippen LogP contribution in [0.5, 0.6) is 0 Å². The number of nitrogens with zero attached hydrogens (tertiary/aromatic N) is 1. The first-order valence-electron chi connectivity index (χ1n) is 5.30. The van der Waals surface area contributed by atoms with Crippen LogP contribution < -0.4 is 0 Å². The Labute approximate surface area is 91.1 Å². The Bertz CT molecular complexity index is 286. The van der Waals surface area contributed by atoms with Gasteiger partial charge in [-0.2, -0.15) is 0 Å². The molecule has 1 amide bonds. The van der Waals surface area contributed by atoms with Crippen LogP contribution in [0.25, 0.3) is 0 Å². The van der Waals surface area contributed by atoms with E-state index in [1.54, 1.807) is 11.0 Å². The van der Waals surface area contributed by atoms with Gasteiger partial charge in [0.2, 0.25) is 5.91 Å². The van der Waals surface area contributed by atoms with Gasteiger partial charge < -0.3 is 10.0 Å². The maximum absolute atomic E-state index is 11.5. The molecule has 0 aromatic rings. The zero-order valence-electron chi connectivity index (χ0n) is 9.60. The summed E-state index contributed by atoms with van der Waals surface area (Å²) < 4.78 is 0. The van der Waals surface area contributed by atoms with Crippen molar-refractivity contribution in [1.29, 1.82) is 0 Å². The fourth-order valence-electron chi connectivity index (χ4n) is 1.49. The molecule has 0 unspecified atom stereocenters. The second-order valence-corrected chi connectivity index (χ2v) is 4.34. The van der Waals surface area contributed by atoms with Crippen molar-refractivity contribution in [3.8, 4) is 0 Å². The van der Waals surface area contributed by atoms with Crippen LogP contribution in [0.1, 0.15) is 20.8 Å². The maximum atomic E-state index is 11.5. The van der Waals surface area contributed by atoms with Crippen LogP contribution >= 0.6 is 0 Å². The van der Waals surface area contributed by atoms with E-state index in [1.165, 1.54) is 6.08 Å². The molecule has 0 radical (unpaired) electrons. The monoisotopic (exact) mass is 209 g/mol. The van der Waals surface area contributed by atoms with E-state index in [-0.39, 0.29) is 11.8 Å². The molecule has 15 heavy (non-hydrogen) atoms. The highest BCUT2D eigenvalue weighted by Gasteiger charge is 2.45. The molecule has 1 N–H and O–H groups in total. The number of likely N-dealkylation sites (tertiary alicyclic amines) is 1. The fourth-order valence-corrected chi connectivity index (χ4v) is 1.49. The van der Waals surface area contributed by atoms with Crippen LogP contribution in [0.2, 0.25) is 0 Å². The van der Waals surface area contributed by atoms with E-state index in [9.17, 15) is 9.90 Å². The molecule has 0 atom stereocenters. The summed E-state index contributed by atoms with van der Waals surface area (Å²) in [7, 11) is 0. The first kappa shape index (κ1) is 12.0. The van der Waals surface area contributed by atoms with Gasteiger partial charge in [-0.3, -0.25) is 4.79 Å². The Kier molecular flexibility index (Phi) is 3.69. The molecule has 1 aliphatic heterocycles. The smallest absolute Gasteiger partial charge is 0.246 e. The van der Waals surface area contributed by atoms with Gasteiger partial charge in [0.05, 0.1) is 13.1 Å². The highest BCUT2D eigenvalue weighted by molar-refractivity contribution is 5.88. The SMILES string of the molecule is CC=CC=CC(=O)N1CC(O)(C(C)C)C1. The number of aliphatic hydroxyl groups is 1. The summed E-state index contributed by atoms with van der Waals surface area (Å²) in [4.78, 5) is 13.2. The normalized spacial score (nSPS) is 20.2. The summed E-state index contributed by atoms with van der Waals surface area (Å²) in [6.45, 7) is 6.73. The lowest BCUT2D eigenvalue weighted by molar-refractivity contribution is -0.158. The third kappa shape index (κ3) is 2.69. The van der Waals surface area contributed by atoms with Crippen LogP contribution in [0.4, 0.5) is 0 Å². The van der Waals surface area contributed by atoms with E-state index in [2.05, 4.69) is 0 Å². The van der Waals surface area contributed by atoms with Gasteiger partial charge in [0.25, 0.3) is 0 Å². The van der Waals surface area contributed by atoms with Crippen LogP contribution in [-0.2, 0) is 4.79 Å². The van der Waals surface area contributed by atoms with E-state index in [1.807, 2.05) is 32.9 Å². The molecule has 0 aromatic heterocycles. The molecule has 1 fully saturated rings. The van der Waals surface area contributed by atoms with E-state index in [0.717, 1.165) is 0 Å².